The molecule has 3 rings (SSSR count). The summed E-state index contributed by atoms with van der Waals surface area (Å²) in [6.07, 6.45) is 0. The first-order chi connectivity index (χ1) is 15.2. The number of sulfonamides is 1. The standard InChI is InChI=1S/C21H19N3O7S/c1-30-16-7-10-18(11-8-16)32(28,29)23-15-5-3-14(4-6-15)21(25)22-19-12-9-17(31-2)13-20(19)24(26)27/h3-13,23H,1-2H3,(H,22,25). The molecule has 0 saturated carbocycles. The Hall–Kier alpha value is -4.12. The molecule has 0 aromatic heterocycles. The number of rotatable bonds is 8. The number of anilines is 2. The quantitative estimate of drug-likeness (QED) is 0.389. The van der Waals surface area contributed by atoms with E-state index in [1.54, 1.807) is 0 Å². The number of ether oxygens (including phenoxy) is 2. The summed E-state index contributed by atoms with van der Waals surface area (Å²) >= 11 is 0. The molecule has 3 aromatic rings. The molecule has 0 heterocycles. The molecule has 0 spiro atoms. The number of nitro benzene ring substituents is 1. The molecule has 0 atom stereocenters. The van der Waals surface area contributed by atoms with E-state index in [2.05, 4.69) is 10.0 Å². The van der Waals surface area contributed by atoms with Gasteiger partial charge in [-0.05, 0) is 60.7 Å². The molecule has 0 bridgehead atoms. The first-order valence-corrected chi connectivity index (χ1v) is 10.6. The van der Waals surface area contributed by atoms with Crippen LogP contribution in [0.4, 0.5) is 17.1 Å². The first-order valence-electron chi connectivity index (χ1n) is 9.14. The van der Waals surface area contributed by atoms with Crippen molar-refractivity contribution in [2.75, 3.05) is 24.3 Å². The Morgan fingerprint density at radius 3 is 2.06 bits per heavy atom. The number of nitro groups is 1. The number of hydrogen-bond acceptors (Lipinski definition) is 7. The molecule has 0 saturated heterocycles. The van der Waals surface area contributed by atoms with Crippen LogP contribution < -0.4 is 19.5 Å². The third-order valence-corrected chi connectivity index (χ3v) is 5.82. The molecule has 3 aromatic carbocycles. The minimum absolute atomic E-state index is 0.00471. The Kier molecular flexibility index (Phi) is 6.59. The van der Waals surface area contributed by atoms with Crippen molar-refractivity contribution in [2.24, 2.45) is 0 Å². The Balaban J connectivity index is 1.74. The summed E-state index contributed by atoms with van der Waals surface area (Å²) in [6.45, 7) is 0. The Morgan fingerprint density at radius 1 is 0.906 bits per heavy atom. The maximum Gasteiger partial charge on any atom is 0.296 e. The van der Waals surface area contributed by atoms with Gasteiger partial charge in [0, 0.05) is 11.3 Å². The maximum atomic E-state index is 12.5. The zero-order chi connectivity index (χ0) is 23.3. The summed E-state index contributed by atoms with van der Waals surface area (Å²) in [5.74, 6) is 0.211. The topological polar surface area (TPSA) is 137 Å². The maximum absolute atomic E-state index is 12.5. The second-order valence-corrected chi connectivity index (χ2v) is 8.14. The molecule has 11 heteroatoms. The van der Waals surface area contributed by atoms with Crippen LogP contribution >= 0.6 is 0 Å². The molecule has 32 heavy (non-hydrogen) atoms. The van der Waals surface area contributed by atoms with Crippen LogP contribution in [0, 0.1) is 10.1 Å². The van der Waals surface area contributed by atoms with E-state index >= 15 is 0 Å². The van der Waals surface area contributed by atoms with Gasteiger partial charge in [0.15, 0.2) is 0 Å². The molecule has 10 nitrogen and oxygen atoms in total. The fraction of sp³-hybridized carbons (Fsp3) is 0.0952. The van der Waals surface area contributed by atoms with E-state index in [4.69, 9.17) is 9.47 Å². The SMILES string of the molecule is COc1ccc(S(=O)(=O)Nc2ccc(C(=O)Nc3ccc(OC)cc3[N+](=O)[O-])cc2)cc1. The summed E-state index contributed by atoms with van der Waals surface area (Å²) in [7, 11) is -0.979. The summed E-state index contributed by atoms with van der Waals surface area (Å²) in [5.41, 5.74) is 0.113. The van der Waals surface area contributed by atoms with Crippen molar-refractivity contribution >= 4 is 33.0 Å². The molecular formula is C21H19N3O7S. The zero-order valence-corrected chi connectivity index (χ0v) is 17.9. The van der Waals surface area contributed by atoms with Gasteiger partial charge in [-0.1, -0.05) is 0 Å². The van der Waals surface area contributed by atoms with Gasteiger partial charge in [0.05, 0.1) is 30.1 Å². The van der Waals surface area contributed by atoms with Crippen molar-refractivity contribution in [2.45, 2.75) is 4.90 Å². The lowest BCUT2D eigenvalue weighted by Gasteiger charge is -2.10. The number of hydrogen-bond donors (Lipinski definition) is 2. The predicted molar refractivity (Wildman–Crippen MR) is 118 cm³/mol. The van der Waals surface area contributed by atoms with Gasteiger partial charge in [-0.3, -0.25) is 19.6 Å². The van der Waals surface area contributed by atoms with Crippen LogP contribution in [0.15, 0.2) is 71.6 Å². The normalized spacial score (nSPS) is 10.8. The second kappa shape index (κ2) is 9.35. The van der Waals surface area contributed by atoms with Gasteiger partial charge >= 0.3 is 0 Å². The third kappa shape index (κ3) is 5.13. The Morgan fingerprint density at radius 2 is 1.50 bits per heavy atom. The summed E-state index contributed by atoms with van der Waals surface area (Å²) in [5, 5.41) is 13.7. The third-order valence-electron chi connectivity index (χ3n) is 4.42. The van der Waals surface area contributed by atoms with E-state index in [1.807, 2.05) is 0 Å². The lowest BCUT2D eigenvalue weighted by Crippen LogP contribution is -2.14. The lowest BCUT2D eigenvalue weighted by molar-refractivity contribution is -0.384. The van der Waals surface area contributed by atoms with Gasteiger partial charge in [-0.25, -0.2) is 8.42 Å². The van der Waals surface area contributed by atoms with Gasteiger partial charge in [0.1, 0.15) is 17.2 Å². The van der Waals surface area contributed by atoms with E-state index in [0.717, 1.165) is 0 Å². The summed E-state index contributed by atoms with van der Waals surface area (Å²) < 4.78 is 37.4. The molecule has 0 aliphatic heterocycles. The lowest BCUT2D eigenvalue weighted by atomic mass is 10.2. The van der Waals surface area contributed by atoms with Crippen LogP contribution in [0.3, 0.4) is 0 Å². The molecule has 0 aliphatic rings. The van der Waals surface area contributed by atoms with Crippen LogP contribution in [0.2, 0.25) is 0 Å². The number of methoxy groups -OCH3 is 2. The highest BCUT2D eigenvalue weighted by Gasteiger charge is 2.19. The number of carbonyl (C=O) groups is 1. The molecule has 2 N–H and O–H groups in total. The van der Waals surface area contributed by atoms with Crippen molar-refractivity contribution in [3.05, 3.63) is 82.4 Å². The Labute approximate surface area is 184 Å². The molecule has 0 fully saturated rings. The van der Waals surface area contributed by atoms with Crippen LogP contribution in [-0.2, 0) is 10.0 Å². The van der Waals surface area contributed by atoms with Crippen LogP contribution in [-0.4, -0.2) is 33.5 Å². The van der Waals surface area contributed by atoms with Gasteiger partial charge in [-0.2, -0.15) is 0 Å². The highest BCUT2D eigenvalue weighted by Crippen LogP contribution is 2.29. The molecule has 0 aliphatic carbocycles. The van der Waals surface area contributed by atoms with Crippen molar-refractivity contribution in [3.8, 4) is 11.5 Å². The number of carbonyl (C=O) groups excluding carboxylic acids is 1. The van der Waals surface area contributed by atoms with Gasteiger partial charge < -0.3 is 14.8 Å². The largest absolute Gasteiger partial charge is 0.497 e. The minimum atomic E-state index is -3.83. The smallest absolute Gasteiger partial charge is 0.296 e. The predicted octanol–water partition coefficient (Wildman–Crippen LogP) is 3.67. The monoisotopic (exact) mass is 457 g/mol. The van der Waals surface area contributed by atoms with Crippen molar-refractivity contribution < 1.29 is 27.6 Å². The Bertz CT molecular complexity index is 1240. The molecule has 166 valence electrons. The number of amides is 1. The van der Waals surface area contributed by atoms with E-state index in [1.165, 1.54) is 80.9 Å². The number of nitrogens with zero attached hydrogens (tertiary/aromatic N) is 1. The summed E-state index contributed by atoms with van der Waals surface area (Å²) in [6, 6.07) is 15.6. The zero-order valence-electron chi connectivity index (χ0n) is 17.1. The van der Waals surface area contributed by atoms with E-state index < -0.39 is 20.9 Å². The van der Waals surface area contributed by atoms with Crippen molar-refractivity contribution in [1.82, 2.24) is 0 Å². The molecule has 0 unspecified atom stereocenters. The van der Waals surface area contributed by atoms with Crippen LogP contribution in [0.1, 0.15) is 10.4 Å². The van der Waals surface area contributed by atoms with E-state index in [0.29, 0.717) is 5.75 Å². The van der Waals surface area contributed by atoms with E-state index in [9.17, 15) is 23.3 Å². The van der Waals surface area contributed by atoms with Crippen LogP contribution in [0.25, 0.3) is 0 Å². The number of benzene rings is 3. The average molecular weight is 457 g/mol. The highest BCUT2D eigenvalue weighted by atomic mass is 32.2. The molecule has 0 radical (unpaired) electrons. The second-order valence-electron chi connectivity index (χ2n) is 6.45. The highest BCUT2D eigenvalue weighted by molar-refractivity contribution is 7.92. The molecular weight excluding hydrogens is 438 g/mol. The van der Waals surface area contributed by atoms with Crippen molar-refractivity contribution in [3.63, 3.8) is 0 Å². The van der Waals surface area contributed by atoms with Gasteiger partial charge in [-0.15, -0.1) is 0 Å². The first kappa shape index (κ1) is 22.6. The average Bonchev–Trinajstić information content (AvgIpc) is 2.79. The van der Waals surface area contributed by atoms with Gasteiger partial charge in [0.25, 0.3) is 21.6 Å². The fourth-order valence-corrected chi connectivity index (χ4v) is 3.81. The van der Waals surface area contributed by atoms with Crippen molar-refractivity contribution in [1.29, 1.82) is 0 Å². The van der Waals surface area contributed by atoms with Crippen LogP contribution in [0.5, 0.6) is 11.5 Å². The minimum Gasteiger partial charge on any atom is -0.497 e. The van der Waals surface area contributed by atoms with Gasteiger partial charge in [0.2, 0.25) is 0 Å². The number of nitrogens with one attached hydrogen (secondary N) is 2. The fourth-order valence-electron chi connectivity index (χ4n) is 2.75. The van der Waals surface area contributed by atoms with E-state index in [-0.39, 0.29) is 33.3 Å². The summed E-state index contributed by atoms with van der Waals surface area (Å²) in [4.78, 5) is 23.2. The molecule has 1 amide bonds.